The number of rotatable bonds is 0. The van der Waals surface area contributed by atoms with Crippen LogP contribution in [0.25, 0.3) is 0 Å². The largest absolute Gasteiger partial charge is 0.298 e. The molecule has 2 aliphatic rings. The molecule has 2 rings (SSSR count). The van der Waals surface area contributed by atoms with Crippen molar-refractivity contribution in [1.29, 1.82) is 0 Å². The van der Waals surface area contributed by atoms with Gasteiger partial charge in [0.1, 0.15) is 5.78 Å². The smallest absolute Gasteiger partial charge is 0.147 e. The van der Waals surface area contributed by atoms with Crippen LogP contribution in [-0.4, -0.2) is 5.78 Å². The first-order valence-electron chi connectivity index (χ1n) is 3.51. The van der Waals surface area contributed by atoms with Gasteiger partial charge in [0, 0.05) is 11.8 Å². The minimum Gasteiger partial charge on any atom is -0.298 e. The van der Waals surface area contributed by atoms with Crippen LogP contribution >= 0.6 is 0 Å². The summed E-state index contributed by atoms with van der Waals surface area (Å²) in [6.45, 7) is 0. The molecule has 0 radical (unpaired) electrons. The summed E-state index contributed by atoms with van der Waals surface area (Å²) in [6, 6.07) is 0. The number of allylic oxidation sites excluding steroid dienone is 2. The van der Waals surface area contributed by atoms with Crippen LogP contribution in [0.4, 0.5) is 0 Å². The highest BCUT2D eigenvalue weighted by molar-refractivity contribution is 5.92. The predicted octanol–water partition coefficient (Wildman–Crippen LogP) is 1.01. The van der Waals surface area contributed by atoms with E-state index in [1.54, 1.807) is 0 Å². The molecule has 0 aromatic carbocycles. The third kappa shape index (κ3) is 0.515. The van der Waals surface area contributed by atoms with Gasteiger partial charge in [0.25, 0.3) is 0 Å². The van der Waals surface area contributed by atoms with Gasteiger partial charge in [-0.2, -0.15) is 0 Å². The van der Waals surface area contributed by atoms with Crippen molar-refractivity contribution >= 4 is 5.78 Å². The van der Waals surface area contributed by atoms with Crippen LogP contribution in [0.1, 0.15) is 6.42 Å². The maximum Gasteiger partial charge on any atom is 0.147 e. The molecule has 50 valence electrons. The van der Waals surface area contributed by atoms with Crippen LogP contribution in [0, 0.1) is 30.1 Å². The van der Waals surface area contributed by atoms with Gasteiger partial charge >= 0.3 is 0 Å². The van der Waals surface area contributed by atoms with E-state index in [0.717, 1.165) is 6.42 Å². The number of carbonyl (C=O) groups is 1. The fourth-order valence-corrected chi connectivity index (χ4v) is 1.81. The van der Waals surface area contributed by atoms with Crippen molar-refractivity contribution in [2.45, 2.75) is 6.42 Å². The molecule has 0 N–H and O–H groups in total. The number of terminal acetylenes is 1. The zero-order chi connectivity index (χ0) is 7.14. The van der Waals surface area contributed by atoms with Crippen molar-refractivity contribution < 1.29 is 4.79 Å². The second-order valence-corrected chi connectivity index (χ2v) is 2.93. The van der Waals surface area contributed by atoms with Gasteiger partial charge in [-0.15, -0.1) is 12.3 Å². The Hall–Kier alpha value is -1.03. The van der Waals surface area contributed by atoms with E-state index in [1.165, 1.54) is 0 Å². The van der Waals surface area contributed by atoms with Crippen molar-refractivity contribution in [1.82, 2.24) is 0 Å². The van der Waals surface area contributed by atoms with Crippen LogP contribution in [0.3, 0.4) is 0 Å². The second-order valence-electron chi connectivity index (χ2n) is 2.93. The van der Waals surface area contributed by atoms with Crippen LogP contribution in [0.2, 0.25) is 0 Å². The quantitative estimate of drug-likeness (QED) is 0.355. The third-order valence-electron chi connectivity index (χ3n) is 2.40. The van der Waals surface area contributed by atoms with Gasteiger partial charge in [0.15, 0.2) is 0 Å². The van der Waals surface area contributed by atoms with Crippen molar-refractivity contribution in [2.75, 3.05) is 0 Å². The van der Waals surface area contributed by atoms with E-state index in [2.05, 4.69) is 5.92 Å². The first kappa shape index (κ1) is 5.73. The van der Waals surface area contributed by atoms with Crippen LogP contribution in [0.5, 0.6) is 0 Å². The topological polar surface area (TPSA) is 17.1 Å². The monoisotopic (exact) mass is 132 g/mol. The lowest BCUT2D eigenvalue weighted by molar-refractivity contribution is -0.120. The second kappa shape index (κ2) is 1.73. The highest BCUT2D eigenvalue weighted by Gasteiger charge is 2.42. The van der Waals surface area contributed by atoms with Crippen molar-refractivity contribution in [2.24, 2.45) is 17.8 Å². The van der Waals surface area contributed by atoms with Gasteiger partial charge in [-0.05, 0) is 6.42 Å². The van der Waals surface area contributed by atoms with Crippen molar-refractivity contribution in [3.8, 4) is 12.3 Å². The first-order valence-corrected chi connectivity index (χ1v) is 3.51. The number of Topliss-reactive ketones (excluding diaryl/α,β-unsaturated/α-hetero) is 1. The standard InChI is InChI=1S/C9H8O/c1-2-6-5-7-3-4-8(6)9(7)10/h1,3-4,6-8H,5H2. The van der Waals surface area contributed by atoms with Gasteiger partial charge in [-0.25, -0.2) is 0 Å². The lowest BCUT2D eigenvalue weighted by atomic mass is 9.95. The molecule has 0 saturated heterocycles. The molecule has 3 unspecified atom stereocenters. The fraction of sp³-hybridized carbons (Fsp3) is 0.444. The Morgan fingerprint density at radius 3 is 2.70 bits per heavy atom. The molecule has 10 heavy (non-hydrogen) atoms. The molecule has 0 heterocycles. The molecule has 0 aromatic rings. The maximum absolute atomic E-state index is 11.2. The summed E-state index contributed by atoms with van der Waals surface area (Å²) in [5.41, 5.74) is 0. The van der Waals surface area contributed by atoms with Crippen LogP contribution in [-0.2, 0) is 4.79 Å². The maximum atomic E-state index is 11.2. The van der Waals surface area contributed by atoms with Gasteiger partial charge < -0.3 is 0 Å². The number of fused-ring (bicyclic) bond motifs is 2. The van der Waals surface area contributed by atoms with E-state index in [-0.39, 0.29) is 17.8 Å². The molecule has 1 nitrogen and oxygen atoms in total. The Morgan fingerprint density at radius 2 is 2.40 bits per heavy atom. The summed E-state index contributed by atoms with van der Waals surface area (Å²) in [5, 5.41) is 0. The van der Waals surface area contributed by atoms with Crippen LogP contribution < -0.4 is 0 Å². The van der Waals surface area contributed by atoms with Crippen molar-refractivity contribution in [3.05, 3.63) is 12.2 Å². The Kier molecular flexibility index (Phi) is 0.990. The zero-order valence-corrected chi connectivity index (χ0v) is 5.58. The van der Waals surface area contributed by atoms with E-state index in [0.29, 0.717) is 5.78 Å². The Balaban J connectivity index is 2.34. The average molecular weight is 132 g/mol. The predicted molar refractivity (Wildman–Crippen MR) is 38.1 cm³/mol. The molecule has 3 atom stereocenters. The summed E-state index contributed by atoms with van der Waals surface area (Å²) >= 11 is 0. The Labute approximate surface area is 60.1 Å². The molecule has 2 bridgehead atoms. The summed E-state index contributed by atoms with van der Waals surface area (Å²) in [4.78, 5) is 11.2. The van der Waals surface area contributed by atoms with E-state index in [1.807, 2.05) is 12.2 Å². The first-order chi connectivity index (χ1) is 4.83. The molecular weight excluding hydrogens is 124 g/mol. The molecule has 0 aliphatic heterocycles. The molecule has 1 saturated carbocycles. The molecule has 0 spiro atoms. The Morgan fingerprint density at radius 1 is 1.60 bits per heavy atom. The van der Waals surface area contributed by atoms with Gasteiger partial charge in [-0.3, -0.25) is 4.79 Å². The lowest BCUT2D eigenvalue weighted by Gasteiger charge is -2.07. The third-order valence-corrected chi connectivity index (χ3v) is 2.40. The summed E-state index contributed by atoms with van der Waals surface area (Å²) in [6.07, 6.45) is 10.1. The fourth-order valence-electron chi connectivity index (χ4n) is 1.81. The minimum atomic E-state index is 0.0648. The van der Waals surface area contributed by atoms with Gasteiger partial charge in [0.2, 0.25) is 0 Å². The highest BCUT2D eigenvalue weighted by Crippen LogP contribution is 2.39. The molecular formula is C9H8O. The van der Waals surface area contributed by atoms with Crippen LogP contribution in [0.15, 0.2) is 12.2 Å². The van der Waals surface area contributed by atoms with E-state index >= 15 is 0 Å². The Bertz CT molecular complexity index is 244. The molecule has 0 amide bonds. The van der Waals surface area contributed by atoms with Gasteiger partial charge in [-0.1, -0.05) is 12.2 Å². The van der Waals surface area contributed by atoms with E-state index in [9.17, 15) is 4.79 Å². The average Bonchev–Trinajstić information content (AvgIpc) is 2.46. The number of hydrogen-bond donors (Lipinski definition) is 0. The molecule has 1 fully saturated rings. The summed E-state index contributed by atoms with van der Waals surface area (Å²) in [7, 11) is 0. The highest BCUT2D eigenvalue weighted by atomic mass is 16.1. The van der Waals surface area contributed by atoms with Gasteiger partial charge in [0.05, 0.1) is 5.92 Å². The van der Waals surface area contributed by atoms with Crippen molar-refractivity contribution in [3.63, 3.8) is 0 Å². The number of ketones is 1. The molecule has 1 heteroatoms. The number of carbonyl (C=O) groups excluding carboxylic acids is 1. The summed E-state index contributed by atoms with van der Waals surface area (Å²) in [5.74, 6) is 3.41. The minimum absolute atomic E-state index is 0.0648. The normalized spacial score (nSPS) is 42.3. The molecule has 0 aromatic heterocycles. The lowest BCUT2D eigenvalue weighted by Crippen LogP contribution is -2.08. The zero-order valence-electron chi connectivity index (χ0n) is 5.58. The summed E-state index contributed by atoms with van der Waals surface area (Å²) < 4.78 is 0. The number of hydrogen-bond acceptors (Lipinski definition) is 1. The molecule has 2 aliphatic carbocycles. The van der Waals surface area contributed by atoms with E-state index < -0.39 is 0 Å². The SMILES string of the molecule is C#CC1CC2C=CC1C2=O. The van der Waals surface area contributed by atoms with E-state index in [4.69, 9.17) is 6.42 Å².